The van der Waals surface area contributed by atoms with E-state index in [-0.39, 0.29) is 23.1 Å². The van der Waals surface area contributed by atoms with Gasteiger partial charge in [-0.25, -0.2) is 9.37 Å². The molecule has 0 saturated carbocycles. The molecule has 0 aliphatic heterocycles. The van der Waals surface area contributed by atoms with E-state index in [1.165, 1.54) is 12.4 Å². The quantitative estimate of drug-likeness (QED) is 0.584. The van der Waals surface area contributed by atoms with Crippen LogP contribution >= 0.6 is 0 Å². The maximum absolute atomic E-state index is 13.3. The molecule has 21 heavy (non-hydrogen) atoms. The Bertz CT molecular complexity index is 848. The van der Waals surface area contributed by atoms with Crippen LogP contribution in [-0.2, 0) is 0 Å². The van der Waals surface area contributed by atoms with Crippen molar-refractivity contribution in [3.8, 4) is 11.6 Å². The van der Waals surface area contributed by atoms with E-state index >= 15 is 0 Å². The number of ether oxygens (including phenoxy) is 1. The lowest BCUT2D eigenvalue weighted by molar-refractivity contribution is -0.385. The van der Waals surface area contributed by atoms with Crippen molar-refractivity contribution >= 4 is 17.2 Å². The van der Waals surface area contributed by atoms with Gasteiger partial charge >= 0.3 is 5.69 Å². The van der Waals surface area contributed by atoms with Crippen LogP contribution in [0.4, 0.5) is 15.9 Å². The second-order valence-corrected chi connectivity index (χ2v) is 4.10. The standard InChI is InChI=1S/C12H8FN5O3/c13-7-1-2-8(18(19)20)9(5-7)21-12-11-15-3-4-17(11)6-10(14)16-12/h1-6H,14H2. The second-order valence-electron chi connectivity index (χ2n) is 4.10. The van der Waals surface area contributed by atoms with Crippen LogP contribution in [0, 0.1) is 15.9 Å². The zero-order chi connectivity index (χ0) is 15.0. The summed E-state index contributed by atoms with van der Waals surface area (Å²) in [5.41, 5.74) is 5.54. The van der Waals surface area contributed by atoms with E-state index in [2.05, 4.69) is 9.97 Å². The normalized spacial score (nSPS) is 10.7. The summed E-state index contributed by atoms with van der Waals surface area (Å²) in [6, 6.07) is 2.89. The van der Waals surface area contributed by atoms with Gasteiger partial charge in [0, 0.05) is 24.5 Å². The van der Waals surface area contributed by atoms with E-state index in [9.17, 15) is 14.5 Å². The lowest BCUT2D eigenvalue weighted by Gasteiger charge is -2.07. The van der Waals surface area contributed by atoms with Gasteiger partial charge in [0.1, 0.15) is 11.6 Å². The number of benzene rings is 1. The molecule has 0 aliphatic rings. The topological polar surface area (TPSA) is 109 Å². The average Bonchev–Trinajstić information content (AvgIpc) is 2.86. The molecule has 0 radical (unpaired) electrons. The highest BCUT2D eigenvalue weighted by Crippen LogP contribution is 2.32. The van der Waals surface area contributed by atoms with Gasteiger partial charge in [-0.1, -0.05) is 0 Å². The number of hydrogen-bond donors (Lipinski definition) is 1. The fourth-order valence-corrected chi connectivity index (χ4v) is 1.81. The van der Waals surface area contributed by atoms with Crippen molar-refractivity contribution in [3.05, 3.63) is 52.7 Å². The van der Waals surface area contributed by atoms with Crippen molar-refractivity contribution in [1.82, 2.24) is 14.4 Å². The molecule has 0 bridgehead atoms. The molecule has 0 fully saturated rings. The third-order valence-corrected chi connectivity index (χ3v) is 2.69. The summed E-state index contributed by atoms with van der Waals surface area (Å²) in [6.07, 6.45) is 4.61. The van der Waals surface area contributed by atoms with Gasteiger partial charge in [0.25, 0.3) is 5.88 Å². The van der Waals surface area contributed by atoms with E-state index in [1.54, 1.807) is 10.6 Å². The van der Waals surface area contributed by atoms with E-state index in [0.29, 0.717) is 5.65 Å². The maximum Gasteiger partial charge on any atom is 0.311 e. The number of hydrogen-bond acceptors (Lipinski definition) is 6. The molecule has 1 aromatic carbocycles. The van der Waals surface area contributed by atoms with Crippen molar-refractivity contribution in [2.75, 3.05) is 5.73 Å². The lowest BCUT2D eigenvalue weighted by Crippen LogP contribution is -2.00. The number of nitro groups is 1. The summed E-state index contributed by atoms with van der Waals surface area (Å²) in [4.78, 5) is 18.2. The number of nitrogen functional groups attached to an aromatic ring is 1. The van der Waals surface area contributed by atoms with E-state index in [1.807, 2.05) is 0 Å². The third-order valence-electron chi connectivity index (χ3n) is 2.69. The first kappa shape index (κ1) is 12.8. The van der Waals surface area contributed by atoms with Crippen LogP contribution in [0.3, 0.4) is 0 Å². The van der Waals surface area contributed by atoms with Gasteiger partial charge in [0.05, 0.1) is 11.1 Å². The van der Waals surface area contributed by atoms with Crippen LogP contribution in [0.2, 0.25) is 0 Å². The minimum absolute atomic E-state index is 0.0475. The molecule has 9 heteroatoms. The van der Waals surface area contributed by atoms with Crippen LogP contribution in [0.5, 0.6) is 11.6 Å². The van der Waals surface area contributed by atoms with Crippen molar-refractivity contribution in [2.24, 2.45) is 0 Å². The number of anilines is 1. The van der Waals surface area contributed by atoms with Crippen LogP contribution in [-0.4, -0.2) is 19.3 Å². The summed E-state index contributed by atoms with van der Waals surface area (Å²) < 4.78 is 20.2. The van der Waals surface area contributed by atoms with E-state index < -0.39 is 10.7 Å². The largest absolute Gasteiger partial charge is 0.428 e. The Morgan fingerprint density at radius 2 is 2.24 bits per heavy atom. The van der Waals surface area contributed by atoms with Gasteiger partial charge in [-0.05, 0) is 6.07 Å². The molecule has 0 atom stereocenters. The molecule has 106 valence electrons. The van der Waals surface area contributed by atoms with Crippen molar-refractivity contribution in [3.63, 3.8) is 0 Å². The molecule has 8 nitrogen and oxygen atoms in total. The summed E-state index contributed by atoms with van der Waals surface area (Å²) in [6.45, 7) is 0. The molecule has 2 aromatic heterocycles. The highest BCUT2D eigenvalue weighted by Gasteiger charge is 2.19. The molecule has 3 aromatic rings. The molecule has 3 rings (SSSR count). The Labute approximate surface area is 116 Å². The Balaban J connectivity index is 2.12. The Morgan fingerprint density at radius 3 is 3.00 bits per heavy atom. The van der Waals surface area contributed by atoms with Crippen LogP contribution < -0.4 is 10.5 Å². The van der Waals surface area contributed by atoms with Gasteiger partial charge < -0.3 is 10.5 Å². The zero-order valence-corrected chi connectivity index (χ0v) is 10.4. The minimum Gasteiger partial charge on any atom is -0.428 e. The monoisotopic (exact) mass is 289 g/mol. The molecular weight excluding hydrogens is 281 g/mol. The Hall–Kier alpha value is -3.23. The highest BCUT2D eigenvalue weighted by atomic mass is 19.1. The van der Waals surface area contributed by atoms with Crippen molar-refractivity contribution in [2.45, 2.75) is 0 Å². The first-order valence-corrected chi connectivity index (χ1v) is 5.75. The van der Waals surface area contributed by atoms with Crippen molar-refractivity contribution < 1.29 is 14.1 Å². The summed E-state index contributed by atoms with van der Waals surface area (Å²) in [7, 11) is 0. The van der Waals surface area contributed by atoms with Gasteiger partial charge in [-0.3, -0.25) is 14.5 Å². The number of halogens is 1. The fourth-order valence-electron chi connectivity index (χ4n) is 1.81. The first-order valence-electron chi connectivity index (χ1n) is 5.75. The Kier molecular flexibility index (Phi) is 2.87. The average molecular weight is 289 g/mol. The number of nitrogens with two attached hydrogens (primary N) is 1. The SMILES string of the molecule is Nc1cn2ccnc2c(Oc2cc(F)ccc2[N+](=O)[O-])n1. The number of aromatic nitrogens is 3. The zero-order valence-electron chi connectivity index (χ0n) is 10.4. The number of nitrogens with zero attached hydrogens (tertiary/aromatic N) is 4. The van der Waals surface area contributed by atoms with Gasteiger partial charge in [-0.2, -0.15) is 4.98 Å². The van der Waals surface area contributed by atoms with E-state index in [0.717, 1.165) is 18.2 Å². The predicted molar refractivity (Wildman–Crippen MR) is 70.5 cm³/mol. The smallest absolute Gasteiger partial charge is 0.311 e. The predicted octanol–water partition coefficient (Wildman–Crippen LogP) is 2.15. The molecule has 2 N–H and O–H groups in total. The fraction of sp³-hybridized carbons (Fsp3) is 0. The van der Waals surface area contributed by atoms with Gasteiger partial charge in [-0.15, -0.1) is 0 Å². The molecule has 0 spiro atoms. The maximum atomic E-state index is 13.3. The van der Waals surface area contributed by atoms with E-state index in [4.69, 9.17) is 10.5 Å². The molecule has 0 saturated heterocycles. The minimum atomic E-state index is -0.677. The summed E-state index contributed by atoms with van der Waals surface area (Å²) in [5.74, 6) is -0.856. The second kappa shape index (κ2) is 4.71. The molecular formula is C12H8FN5O3. The van der Waals surface area contributed by atoms with Gasteiger partial charge in [0.15, 0.2) is 0 Å². The number of imidazole rings is 1. The highest BCUT2D eigenvalue weighted by molar-refractivity contribution is 5.56. The molecule has 0 unspecified atom stereocenters. The summed E-state index contributed by atoms with van der Waals surface area (Å²) >= 11 is 0. The number of nitro benzene ring substituents is 1. The number of fused-ring (bicyclic) bond motifs is 1. The number of rotatable bonds is 3. The van der Waals surface area contributed by atoms with Crippen LogP contribution in [0.15, 0.2) is 36.8 Å². The first-order chi connectivity index (χ1) is 10.0. The molecule has 0 amide bonds. The van der Waals surface area contributed by atoms with Crippen LogP contribution in [0.25, 0.3) is 5.65 Å². The van der Waals surface area contributed by atoms with Crippen LogP contribution in [0.1, 0.15) is 0 Å². The van der Waals surface area contributed by atoms with Gasteiger partial charge in [0.2, 0.25) is 11.4 Å². The molecule has 2 heterocycles. The Morgan fingerprint density at radius 1 is 1.43 bits per heavy atom. The summed E-state index contributed by atoms with van der Waals surface area (Å²) in [5, 5.41) is 10.9. The third kappa shape index (κ3) is 2.31. The van der Waals surface area contributed by atoms with Crippen molar-refractivity contribution in [1.29, 1.82) is 0 Å². The molecule has 0 aliphatic carbocycles. The lowest BCUT2D eigenvalue weighted by atomic mass is 10.3.